The third-order valence-electron chi connectivity index (χ3n) is 2.86. The lowest BCUT2D eigenvalue weighted by atomic mass is 10.1. The second-order valence-electron chi connectivity index (χ2n) is 4.24. The zero-order chi connectivity index (χ0) is 13.8. The van der Waals surface area contributed by atoms with Crippen LogP contribution in [0.2, 0.25) is 5.02 Å². The molecule has 4 nitrogen and oxygen atoms in total. The summed E-state index contributed by atoms with van der Waals surface area (Å²) in [6.07, 6.45) is 3.39. The molecule has 0 aliphatic heterocycles. The molecule has 0 saturated carbocycles. The lowest BCUT2D eigenvalue weighted by Gasteiger charge is -2.16. The van der Waals surface area contributed by atoms with E-state index in [9.17, 15) is 0 Å². The van der Waals surface area contributed by atoms with Crippen LogP contribution in [-0.4, -0.2) is 17.1 Å². The van der Waals surface area contributed by atoms with Crippen LogP contribution in [0.3, 0.4) is 0 Å². The second kappa shape index (κ2) is 5.89. The Bertz CT molecular complexity index is 574. The molecule has 0 bridgehead atoms. The summed E-state index contributed by atoms with van der Waals surface area (Å²) < 4.78 is 5.13. The van der Waals surface area contributed by atoms with Crippen LogP contribution in [0.1, 0.15) is 24.4 Å². The van der Waals surface area contributed by atoms with E-state index in [0.29, 0.717) is 10.8 Å². The van der Waals surface area contributed by atoms with E-state index in [1.54, 1.807) is 19.5 Å². The van der Waals surface area contributed by atoms with E-state index in [4.69, 9.17) is 16.3 Å². The van der Waals surface area contributed by atoms with Gasteiger partial charge in [0.2, 0.25) is 0 Å². The van der Waals surface area contributed by atoms with E-state index in [1.807, 2.05) is 32.0 Å². The van der Waals surface area contributed by atoms with Crippen LogP contribution < -0.4 is 10.1 Å². The average molecular weight is 278 g/mol. The Morgan fingerprint density at radius 2 is 2.00 bits per heavy atom. The molecule has 2 aromatic rings. The predicted octanol–water partition coefficient (Wildman–Crippen LogP) is 3.62. The van der Waals surface area contributed by atoms with Gasteiger partial charge in [0.15, 0.2) is 0 Å². The van der Waals surface area contributed by atoms with Gasteiger partial charge >= 0.3 is 0 Å². The highest BCUT2D eigenvalue weighted by Crippen LogP contribution is 2.29. The first-order valence-electron chi connectivity index (χ1n) is 5.99. The van der Waals surface area contributed by atoms with E-state index in [2.05, 4.69) is 15.3 Å². The Hall–Kier alpha value is -1.81. The SMILES string of the molecule is COc1ccc(NC(C)c2nccnc2C)cc1Cl. The molecule has 1 aromatic carbocycles. The molecule has 1 atom stereocenters. The number of hydrogen-bond acceptors (Lipinski definition) is 4. The summed E-state index contributed by atoms with van der Waals surface area (Å²) in [5, 5.41) is 3.93. The van der Waals surface area contributed by atoms with E-state index < -0.39 is 0 Å². The van der Waals surface area contributed by atoms with E-state index in [1.165, 1.54) is 0 Å². The first kappa shape index (κ1) is 13.6. The number of methoxy groups -OCH3 is 1. The maximum Gasteiger partial charge on any atom is 0.137 e. The number of hydrogen-bond donors (Lipinski definition) is 1. The normalized spacial score (nSPS) is 12.0. The maximum absolute atomic E-state index is 6.10. The van der Waals surface area contributed by atoms with Crippen LogP contribution in [0, 0.1) is 6.92 Å². The number of aromatic nitrogens is 2. The second-order valence-corrected chi connectivity index (χ2v) is 4.65. The molecule has 0 radical (unpaired) electrons. The molecule has 0 amide bonds. The number of benzene rings is 1. The Morgan fingerprint density at radius 1 is 1.26 bits per heavy atom. The van der Waals surface area contributed by atoms with E-state index in [-0.39, 0.29) is 6.04 Å². The molecule has 1 N–H and O–H groups in total. The number of halogens is 1. The van der Waals surface area contributed by atoms with E-state index in [0.717, 1.165) is 17.1 Å². The van der Waals surface area contributed by atoms with Crippen molar-refractivity contribution in [3.63, 3.8) is 0 Å². The van der Waals surface area contributed by atoms with Crippen molar-refractivity contribution >= 4 is 17.3 Å². The Kier molecular flexibility index (Phi) is 4.22. The van der Waals surface area contributed by atoms with Crippen molar-refractivity contribution in [3.8, 4) is 5.75 Å². The summed E-state index contributed by atoms with van der Waals surface area (Å²) in [7, 11) is 1.60. The summed E-state index contributed by atoms with van der Waals surface area (Å²) in [6.45, 7) is 3.98. The monoisotopic (exact) mass is 277 g/mol. The van der Waals surface area contributed by atoms with E-state index >= 15 is 0 Å². The van der Waals surface area contributed by atoms with Crippen LogP contribution in [0.25, 0.3) is 0 Å². The van der Waals surface area contributed by atoms with Crippen LogP contribution in [0.4, 0.5) is 5.69 Å². The topological polar surface area (TPSA) is 47.0 Å². The summed E-state index contributed by atoms with van der Waals surface area (Å²) in [6, 6.07) is 5.65. The summed E-state index contributed by atoms with van der Waals surface area (Å²) in [5.41, 5.74) is 2.76. The zero-order valence-electron chi connectivity index (χ0n) is 11.1. The number of rotatable bonds is 4. The van der Waals surface area contributed by atoms with Crippen molar-refractivity contribution in [1.82, 2.24) is 9.97 Å². The van der Waals surface area contributed by atoms with Crippen molar-refractivity contribution in [1.29, 1.82) is 0 Å². The Balaban J connectivity index is 2.17. The highest BCUT2D eigenvalue weighted by atomic mass is 35.5. The van der Waals surface area contributed by atoms with Gasteiger partial charge < -0.3 is 10.1 Å². The molecular formula is C14H16ClN3O. The fraction of sp³-hybridized carbons (Fsp3) is 0.286. The molecule has 100 valence electrons. The zero-order valence-corrected chi connectivity index (χ0v) is 11.9. The first-order valence-corrected chi connectivity index (χ1v) is 6.37. The van der Waals surface area contributed by atoms with Crippen molar-refractivity contribution in [3.05, 3.63) is 47.0 Å². The molecule has 0 aliphatic carbocycles. The molecule has 1 unspecified atom stereocenters. The third kappa shape index (κ3) is 3.15. The average Bonchev–Trinajstić information content (AvgIpc) is 2.39. The molecule has 1 heterocycles. The standard InChI is InChI=1S/C14H16ClN3O/c1-9-14(17-7-6-16-9)10(2)18-11-4-5-13(19-3)12(15)8-11/h4-8,10,18H,1-3H3. The van der Waals surface area contributed by atoms with Crippen LogP contribution in [0.15, 0.2) is 30.6 Å². The molecule has 5 heteroatoms. The van der Waals surface area contributed by atoms with Crippen molar-refractivity contribution in [2.75, 3.05) is 12.4 Å². The fourth-order valence-corrected chi connectivity index (χ4v) is 2.18. The van der Waals surface area contributed by atoms with Gasteiger partial charge in [0.05, 0.1) is 29.6 Å². The van der Waals surface area contributed by atoms with Gasteiger partial charge in [0, 0.05) is 18.1 Å². The minimum atomic E-state index is 0.0539. The molecule has 0 fully saturated rings. The van der Waals surface area contributed by atoms with Gasteiger partial charge in [0.25, 0.3) is 0 Å². The quantitative estimate of drug-likeness (QED) is 0.927. The highest BCUT2D eigenvalue weighted by Gasteiger charge is 2.11. The predicted molar refractivity (Wildman–Crippen MR) is 76.8 cm³/mol. The van der Waals surface area contributed by atoms with Gasteiger partial charge in [-0.05, 0) is 32.0 Å². The molecule has 1 aromatic heterocycles. The lowest BCUT2D eigenvalue weighted by Crippen LogP contribution is -2.11. The minimum absolute atomic E-state index is 0.0539. The maximum atomic E-state index is 6.10. The minimum Gasteiger partial charge on any atom is -0.495 e. The van der Waals surface area contributed by atoms with Gasteiger partial charge in [-0.1, -0.05) is 11.6 Å². The number of nitrogens with zero attached hydrogens (tertiary/aromatic N) is 2. The van der Waals surface area contributed by atoms with Gasteiger partial charge in [0.1, 0.15) is 5.75 Å². The number of ether oxygens (including phenoxy) is 1. The van der Waals surface area contributed by atoms with Crippen molar-refractivity contribution in [2.45, 2.75) is 19.9 Å². The highest BCUT2D eigenvalue weighted by molar-refractivity contribution is 6.32. The first-order chi connectivity index (χ1) is 9.11. The smallest absolute Gasteiger partial charge is 0.137 e. The Labute approximate surface area is 117 Å². The van der Waals surface area contributed by atoms with Crippen LogP contribution in [0.5, 0.6) is 5.75 Å². The summed E-state index contributed by atoms with van der Waals surface area (Å²) in [5.74, 6) is 0.663. The number of aryl methyl sites for hydroxylation is 1. The molecule has 0 saturated heterocycles. The van der Waals surface area contributed by atoms with Crippen molar-refractivity contribution in [2.24, 2.45) is 0 Å². The lowest BCUT2D eigenvalue weighted by molar-refractivity contribution is 0.415. The number of anilines is 1. The summed E-state index contributed by atoms with van der Waals surface area (Å²) >= 11 is 6.10. The molecule has 0 aliphatic rings. The van der Waals surface area contributed by atoms with Gasteiger partial charge in [-0.25, -0.2) is 0 Å². The van der Waals surface area contributed by atoms with Crippen molar-refractivity contribution < 1.29 is 4.74 Å². The third-order valence-corrected chi connectivity index (χ3v) is 3.16. The molecule has 0 spiro atoms. The number of nitrogens with one attached hydrogen (secondary N) is 1. The van der Waals surface area contributed by atoms with Crippen LogP contribution >= 0.6 is 11.6 Å². The Morgan fingerprint density at radius 3 is 2.63 bits per heavy atom. The van der Waals surface area contributed by atoms with Gasteiger partial charge in [-0.2, -0.15) is 0 Å². The molecule has 19 heavy (non-hydrogen) atoms. The van der Waals surface area contributed by atoms with Gasteiger partial charge in [-0.15, -0.1) is 0 Å². The molecule has 2 rings (SSSR count). The fourth-order valence-electron chi connectivity index (χ4n) is 1.92. The summed E-state index contributed by atoms with van der Waals surface area (Å²) in [4.78, 5) is 8.59. The van der Waals surface area contributed by atoms with Gasteiger partial charge in [-0.3, -0.25) is 9.97 Å². The molecular weight excluding hydrogens is 262 g/mol. The largest absolute Gasteiger partial charge is 0.495 e. The van der Waals surface area contributed by atoms with Crippen LogP contribution in [-0.2, 0) is 0 Å².